The van der Waals surface area contributed by atoms with Gasteiger partial charge in [-0.15, -0.1) is 0 Å². The van der Waals surface area contributed by atoms with Crippen molar-refractivity contribution in [3.63, 3.8) is 0 Å². The third-order valence-corrected chi connectivity index (χ3v) is 12.2. The molecule has 6 nitrogen and oxygen atoms in total. The molecule has 0 saturated carbocycles. The van der Waals surface area contributed by atoms with Gasteiger partial charge in [0, 0.05) is 59.1 Å². The van der Waals surface area contributed by atoms with Crippen LogP contribution in [-0.4, -0.2) is 46.5 Å². The molecule has 2 heterocycles. The molecule has 8 heteroatoms. The third-order valence-electron chi connectivity index (χ3n) is 11.9. The Labute approximate surface area is 327 Å². The van der Waals surface area contributed by atoms with Gasteiger partial charge in [0.2, 0.25) is 0 Å². The number of para-hydroxylation sites is 1. The first kappa shape index (κ1) is 36.9. The van der Waals surface area contributed by atoms with Gasteiger partial charge >= 0.3 is 0 Å². The van der Waals surface area contributed by atoms with Crippen molar-refractivity contribution in [1.29, 1.82) is 0 Å². The van der Waals surface area contributed by atoms with Crippen LogP contribution in [0.25, 0.3) is 16.5 Å². The molecule has 1 saturated heterocycles. The second-order valence-corrected chi connectivity index (χ2v) is 15.4. The number of hydrogen-bond acceptors (Lipinski definition) is 4. The number of pyridine rings is 1. The predicted molar refractivity (Wildman–Crippen MR) is 220 cm³/mol. The number of piperidine rings is 1. The van der Waals surface area contributed by atoms with Crippen LogP contribution in [0.4, 0.5) is 4.39 Å². The minimum Gasteiger partial charge on any atom is -0.345 e. The van der Waals surface area contributed by atoms with Crippen molar-refractivity contribution in [1.82, 2.24) is 19.7 Å². The number of halogens is 2. The predicted octanol–water partition coefficient (Wildman–Crippen LogP) is 9.84. The van der Waals surface area contributed by atoms with Gasteiger partial charge in [0.1, 0.15) is 5.82 Å². The van der Waals surface area contributed by atoms with Crippen LogP contribution < -0.4 is 10.9 Å². The Balaban J connectivity index is 1.09. The maximum atomic E-state index is 14.6. The number of rotatable bonds is 10. The molecule has 1 aliphatic carbocycles. The summed E-state index contributed by atoms with van der Waals surface area (Å²) in [5.41, 5.74) is 6.35. The summed E-state index contributed by atoms with van der Waals surface area (Å²) >= 11 is 6.85. The number of carbonyl (C=O) groups excluding carboxylic acids is 1. The Morgan fingerprint density at radius 3 is 2.20 bits per heavy atom. The van der Waals surface area contributed by atoms with Crippen LogP contribution in [0.1, 0.15) is 88.9 Å². The van der Waals surface area contributed by atoms with E-state index in [0.717, 1.165) is 66.2 Å². The Hall–Kier alpha value is -5.08. The number of aromatic nitrogens is 1. The van der Waals surface area contributed by atoms with Crippen LogP contribution in [-0.2, 0) is 6.54 Å². The molecule has 280 valence electrons. The van der Waals surface area contributed by atoms with E-state index in [1.165, 1.54) is 17.7 Å². The maximum absolute atomic E-state index is 14.6. The van der Waals surface area contributed by atoms with Crippen LogP contribution in [0.2, 0.25) is 5.02 Å². The highest BCUT2D eigenvalue weighted by atomic mass is 35.5. The van der Waals surface area contributed by atoms with Crippen LogP contribution in [0.5, 0.6) is 0 Å². The van der Waals surface area contributed by atoms with Gasteiger partial charge in [0.05, 0.1) is 17.3 Å². The number of benzene rings is 5. The third kappa shape index (κ3) is 7.25. The number of hydrogen-bond donors (Lipinski definition) is 1. The summed E-state index contributed by atoms with van der Waals surface area (Å²) in [4.78, 5) is 33.9. The molecule has 0 bridgehead atoms. The number of nitrogens with zero attached hydrogens (tertiary/aromatic N) is 3. The zero-order valence-corrected chi connectivity index (χ0v) is 32.1. The highest BCUT2D eigenvalue weighted by molar-refractivity contribution is 6.31. The van der Waals surface area contributed by atoms with Crippen molar-refractivity contribution in [2.45, 2.75) is 63.2 Å². The molecule has 8 rings (SSSR count). The van der Waals surface area contributed by atoms with E-state index in [1.54, 1.807) is 4.57 Å². The van der Waals surface area contributed by atoms with Crippen LogP contribution >= 0.6 is 11.6 Å². The van der Waals surface area contributed by atoms with Crippen molar-refractivity contribution in [3.05, 3.63) is 182 Å². The largest absolute Gasteiger partial charge is 0.345 e. The van der Waals surface area contributed by atoms with E-state index in [2.05, 4.69) is 35.2 Å². The van der Waals surface area contributed by atoms with Crippen molar-refractivity contribution in [3.8, 4) is 5.69 Å². The minimum atomic E-state index is -0.240. The summed E-state index contributed by atoms with van der Waals surface area (Å²) in [6.45, 7) is 4.14. The number of likely N-dealkylation sites (tertiary alicyclic amines) is 1. The Kier molecular flexibility index (Phi) is 10.7. The van der Waals surface area contributed by atoms with Gasteiger partial charge in [-0.1, -0.05) is 110 Å². The molecule has 1 aliphatic heterocycles. The lowest BCUT2D eigenvalue weighted by Gasteiger charge is -2.40. The van der Waals surface area contributed by atoms with E-state index >= 15 is 0 Å². The molecule has 0 spiro atoms. The van der Waals surface area contributed by atoms with E-state index in [4.69, 9.17) is 11.6 Å². The monoisotopic (exact) mass is 752 g/mol. The van der Waals surface area contributed by atoms with Gasteiger partial charge < -0.3 is 5.32 Å². The fourth-order valence-electron chi connectivity index (χ4n) is 9.00. The summed E-state index contributed by atoms with van der Waals surface area (Å²) in [5, 5.41) is 5.28. The van der Waals surface area contributed by atoms with Gasteiger partial charge in [0.15, 0.2) is 0 Å². The molecular weight excluding hydrogens is 707 g/mol. The normalized spacial score (nSPS) is 18.1. The molecule has 5 aromatic carbocycles. The van der Waals surface area contributed by atoms with E-state index in [1.807, 2.05) is 109 Å². The zero-order valence-electron chi connectivity index (χ0n) is 31.3. The zero-order chi connectivity index (χ0) is 38.1. The highest BCUT2D eigenvalue weighted by Gasteiger charge is 2.39. The first-order valence-corrected chi connectivity index (χ1v) is 19.8. The topological polar surface area (TPSA) is 57.6 Å². The Morgan fingerprint density at radius 1 is 0.855 bits per heavy atom. The minimum absolute atomic E-state index is 0.0956. The molecule has 1 amide bonds. The molecule has 2 unspecified atom stereocenters. The van der Waals surface area contributed by atoms with Crippen molar-refractivity contribution in [2.75, 3.05) is 20.1 Å². The van der Waals surface area contributed by atoms with Crippen molar-refractivity contribution >= 4 is 28.3 Å². The molecule has 0 radical (unpaired) electrons. The summed E-state index contributed by atoms with van der Waals surface area (Å²) in [6.07, 6.45) is 3.47. The van der Waals surface area contributed by atoms with E-state index in [9.17, 15) is 14.0 Å². The van der Waals surface area contributed by atoms with Crippen LogP contribution in [0, 0.1) is 5.82 Å². The van der Waals surface area contributed by atoms with Gasteiger partial charge in [-0.05, 0) is 91.4 Å². The highest BCUT2D eigenvalue weighted by Crippen LogP contribution is 2.50. The van der Waals surface area contributed by atoms with E-state index < -0.39 is 0 Å². The summed E-state index contributed by atoms with van der Waals surface area (Å²) in [7, 11) is 2.22. The molecule has 3 atom stereocenters. The first-order chi connectivity index (χ1) is 26.8. The lowest BCUT2D eigenvalue weighted by atomic mass is 9.93. The molecule has 6 aromatic rings. The number of carbonyl (C=O) groups is 1. The fraction of sp³-hybridized carbons (Fsp3) is 0.277. The second kappa shape index (κ2) is 16.0. The number of fused-ring (bicyclic) bond motifs is 2. The van der Waals surface area contributed by atoms with Crippen LogP contribution in [0.15, 0.2) is 132 Å². The average molecular weight is 753 g/mol. The lowest BCUT2D eigenvalue weighted by molar-refractivity contribution is 0.0889. The standard InChI is InChI=1S/C47H46ClFN4O2/c1-3-41(32-13-6-4-7-14-32)50-46(54)45-36-17-10-11-18-37(36)47(55)53(35-15-8-5-9-16-35)43(45)30-52-27-25-34(26-28-52)51(2)42-29-39(31-21-23-33(49)24-22-31)44-38(42)19-12-20-40(44)48/h4-24,34,39,41-42H,3,25-30H2,1-2H3,(H,50,54)/t39?,41?,42-/m0/s1. The number of amides is 1. The van der Waals surface area contributed by atoms with Gasteiger partial charge in [0.25, 0.3) is 11.5 Å². The molecule has 2 aliphatic rings. The summed E-state index contributed by atoms with van der Waals surface area (Å²) in [6, 6.07) is 40.5. The summed E-state index contributed by atoms with van der Waals surface area (Å²) in [5.74, 6) is -0.329. The average Bonchev–Trinajstić information content (AvgIpc) is 3.62. The molecule has 1 fully saturated rings. The lowest BCUT2D eigenvalue weighted by Crippen LogP contribution is -2.45. The van der Waals surface area contributed by atoms with Gasteiger partial charge in [-0.2, -0.15) is 0 Å². The molecular formula is C47H46ClFN4O2. The van der Waals surface area contributed by atoms with Gasteiger partial charge in [-0.3, -0.25) is 24.0 Å². The smallest absolute Gasteiger partial charge is 0.263 e. The molecule has 1 aromatic heterocycles. The molecule has 55 heavy (non-hydrogen) atoms. The van der Waals surface area contributed by atoms with Crippen molar-refractivity contribution < 1.29 is 9.18 Å². The fourth-order valence-corrected chi connectivity index (χ4v) is 9.32. The van der Waals surface area contributed by atoms with Gasteiger partial charge in [-0.25, -0.2) is 4.39 Å². The molecule has 1 N–H and O–H groups in total. The van der Waals surface area contributed by atoms with E-state index in [-0.39, 0.29) is 35.3 Å². The summed E-state index contributed by atoms with van der Waals surface area (Å²) < 4.78 is 15.6. The quantitative estimate of drug-likeness (QED) is 0.151. The SMILES string of the molecule is CCC(NC(=O)c1c(CN2CCC(N(C)[C@H]3CC(c4ccc(F)cc4)c4c(Cl)cccc43)CC2)n(-c2ccccc2)c(=O)c2ccccc12)c1ccccc1. The van der Waals surface area contributed by atoms with E-state index in [0.29, 0.717) is 34.6 Å². The number of nitrogens with one attached hydrogen (secondary N) is 1. The Morgan fingerprint density at radius 2 is 1.51 bits per heavy atom. The maximum Gasteiger partial charge on any atom is 0.263 e. The first-order valence-electron chi connectivity index (χ1n) is 19.4. The van der Waals surface area contributed by atoms with Crippen molar-refractivity contribution in [2.24, 2.45) is 0 Å². The second-order valence-electron chi connectivity index (χ2n) is 15.0. The van der Waals surface area contributed by atoms with Crippen LogP contribution in [0.3, 0.4) is 0 Å². The Bertz CT molecular complexity index is 2360.